The summed E-state index contributed by atoms with van der Waals surface area (Å²) in [7, 11) is 0. The Hall–Kier alpha value is -2.29. The SMILES string of the molecule is Cc1c(C(C)(C)c2ccccc2)cc(C(C)(C)C)c(O)c1C(=O)O. The summed E-state index contributed by atoms with van der Waals surface area (Å²) in [6.45, 7) is 11.9. The van der Waals surface area contributed by atoms with Gasteiger partial charge in [0.15, 0.2) is 0 Å². The average molecular weight is 326 g/mol. The number of aromatic carboxylic acids is 1. The lowest BCUT2D eigenvalue weighted by molar-refractivity contribution is 0.0692. The normalized spacial score (nSPS) is 12.2. The van der Waals surface area contributed by atoms with Crippen LogP contribution in [0.2, 0.25) is 0 Å². The fourth-order valence-electron chi connectivity index (χ4n) is 3.26. The Labute approximate surface area is 144 Å². The lowest BCUT2D eigenvalue weighted by atomic mass is 9.72. The molecule has 0 radical (unpaired) electrons. The van der Waals surface area contributed by atoms with Crippen molar-refractivity contribution in [2.75, 3.05) is 0 Å². The first-order chi connectivity index (χ1) is 11.0. The van der Waals surface area contributed by atoms with E-state index in [-0.39, 0.29) is 22.1 Å². The van der Waals surface area contributed by atoms with Crippen LogP contribution in [0.25, 0.3) is 0 Å². The van der Waals surface area contributed by atoms with Crippen molar-refractivity contribution in [3.8, 4) is 5.75 Å². The third-order valence-electron chi connectivity index (χ3n) is 4.75. The Kier molecular flexibility index (Phi) is 4.49. The van der Waals surface area contributed by atoms with Gasteiger partial charge in [-0.25, -0.2) is 4.79 Å². The molecule has 0 aliphatic carbocycles. The first-order valence-electron chi connectivity index (χ1n) is 8.14. The van der Waals surface area contributed by atoms with Crippen LogP contribution in [0.3, 0.4) is 0 Å². The van der Waals surface area contributed by atoms with Crippen LogP contribution in [0, 0.1) is 6.92 Å². The molecule has 24 heavy (non-hydrogen) atoms. The highest BCUT2D eigenvalue weighted by Crippen LogP contribution is 2.42. The Bertz CT molecular complexity index is 766. The summed E-state index contributed by atoms with van der Waals surface area (Å²) in [4.78, 5) is 11.8. The van der Waals surface area contributed by atoms with Crippen LogP contribution in [0.1, 0.15) is 67.2 Å². The van der Waals surface area contributed by atoms with Gasteiger partial charge in [-0.3, -0.25) is 0 Å². The lowest BCUT2D eigenvalue weighted by Crippen LogP contribution is -2.24. The maximum absolute atomic E-state index is 11.8. The molecular weight excluding hydrogens is 300 g/mol. The van der Waals surface area contributed by atoms with Crippen molar-refractivity contribution in [1.29, 1.82) is 0 Å². The zero-order valence-corrected chi connectivity index (χ0v) is 15.3. The van der Waals surface area contributed by atoms with Gasteiger partial charge in [0.2, 0.25) is 0 Å². The Morgan fingerprint density at radius 3 is 1.96 bits per heavy atom. The van der Waals surface area contributed by atoms with Gasteiger partial charge in [-0.15, -0.1) is 0 Å². The minimum absolute atomic E-state index is 0.00133. The molecule has 0 aliphatic heterocycles. The van der Waals surface area contributed by atoms with Crippen LogP contribution in [0.4, 0.5) is 0 Å². The number of hydrogen-bond donors (Lipinski definition) is 2. The van der Waals surface area contributed by atoms with Crippen molar-refractivity contribution >= 4 is 5.97 Å². The number of rotatable bonds is 3. The summed E-state index contributed by atoms with van der Waals surface area (Å²) >= 11 is 0. The first kappa shape index (κ1) is 18.1. The minimum atomic E-state index is -1.10. The third kappa shape index (κ3) is 3.03. The van der Waals surface area contributed by atoms with Gasteiger partial charge < -0.3 is 10.2 Å². The van der Waals surface area contributed by atoms with E-state index in [0.29, 0.717) is 11.1 Å². The van der Waals surface area contributed by atoms with E-state index in [4.69, 9.17) is 0 Å². The highest BCUT2D eigenvalue weighted by molar-refractivity contribution is 5.94. The van der Waals surface area contributed by atoms with E-state index in [0.717, 1.165) is 11.1 Å². The quantitative estimate of drug-likeness (QED) is 0.832. The monoisotopic (exact) mass is 326 g/mol. The highest BCUT2D eigenvalue weighted by atomic mass is 16.4. The summed E-state index contributed by atoms with van der Waals surface area (Å²) in [6.07, 6.45) is 0. The van der Waals surface area contributed by atoms with E-state index in [1.54, 1.807) is 6.92 Å². The Balaban J connectivity index is 2.84. The Morgan fingerprint density at radius 2 is 1.50 bits per heavy atom. The second-order valence-corrected chi connectivity index (χ2v) is 7.87. The van der Waals surface area contributed by atoms with E-state index in [9.17, 15) is 15.0 Å². The van der Waals surface area contributed by atoms with E-state index in [1.165, 1.54) is 0 Å². The molecule has 3 heteroatoms. The molecule has 0 amide bonds. The average Bonchev–Trinajstić information content (AvgIpc) is 2.46. The van der Waals surface area contributed by atoms with Gasteiger partial charge in [-0.1, -0.05) is 71.0 Å². The molecule has 3 nitrogen and oxygen atoms in total. The van der Waals surface area contributed by atoms with Gasteiger partial charge in [0.25, 0.3) is 0 Å². The van der Waals surface area contributed by atoms with Crippen molar-refractivity contribution in [2.24, 2.45) is 0 Å². The largest absolute Gasteiger partial charge is 0.507 e. The second-order valence-electron chi connectivity index (χ2n) is 7.87. The molecule has 0 saturated heterocycles. The third-order valence-corrected chi connectivity index (χ3v) is 4.75. The zero-order chi connectivity index (χ0) is 18.3. The summed E-state index contributed by atoms with van der Waals surface area (Å²) < 4.78 is 0. The van der Waals surface area contributed by atoms with E-state index < -0.39 is 5.97 Å². The smallest absolute Gasteiger partial charge is 0.339 e. The molecule has 0 aliphatic rings. The predicted octanol–water partition coefficient (Wildman–Crippen LogP) is 5.02. The number of phenols is 1. The van der Waals surface area contributed by atoms with Crippen LogP contribution in [-0.2, 0) is 10.8 Å². The van der Waals surface area contributed by atoms with Crippen LogP contribution in [0.15, 0.2) is 36.4 Å². The topological polar surface area (TPSA) is 57.5 Å². The maximum Gasteiger partial charge on any atom is 0.339 e. The van der Waals surface area contributed by atoms with Crippen molar-refractivity contribution in [3.63, 3.8) is 0 Å². The summed E-state index contributed by atoms with van der Waals surface area (Å²) in [5.74, 6) is -1.22. The van der Waals surface area contributed by atoms with Gasteiger partial charge in [0.05, 0.1) is 0 Å². The lowest BCUT2D eigenvalue weighted by Gasteiger charge is -2.32. The molecule has 2 N–H and O–H groups in total. The number of aromatic hydroxyl groups is 1. The Morgan fingerprint density at radius 1 is 0.958 bits per heavy atom. The van der Waals surface area contributed by atoms with Crippen LogP contribution >= 0.6 is 0 Å². The van der Waals surface area contributed by atoms with Crippen LogP contribution in [0.5, 0.6) is 5.75 Å². The van der Waals surface area contributed by atoms with Crippen LogP contribution in [-0.4, -0.2) is 16.2 Å². The predicted molar refractivity (Wildman–Crippen MR) is 97.1 cm³/mol. The van der Waals surface area contributed by atoms with Crippen molar-refractivity contribution < 1.29 is 15.0 Å². The molecule has 0 saturated carbocycles. The zero-order valence-electron chi connectivity index (χ0n) is 15.3. The van der Waals surface area contributed by atoms with E-state index in [2.05, 4.69) is 13.8 Å². The van der Waals surface area contributed by atoms with E-state index >= 15 is 0 Å². The number of carboxylic acids is 1. The fourth-order valence-corrected chi connectivity index (χ4v) is 3.26. The minimum Gasteiger partial charge on any atom is -0.507 e. The summed E-state index contributed by atoms with van der Waals surface area (Å²) in [6, 6.07) is 12.0. The summed E-state index contributed by atoms with van der Waals surface area (Å²) in [5, 5.41) is 20.2. The number of hydrogen-bond acceptors (Lipinski definition) is 2. The molecule has 0 heterocycles. The molecular formula is C21H26O3. The van der Waals surface area contributed by atoms with Gasteiger partial charge in [-0.2, -0.15) is 0 Å². The molecule has 2 aromatic carbocycles. The maximum atomic E-state index is 11.8. The number of carboxylic acid groups (broad SMARTS) is 1. The molecule has 128 valence electrons. The van der Waals surface area contributed by atoms with Gasteiger partial charge >= 0.3 is 5.97 Å². The standard InChI is InChI=1S/C21H26O3/c1-13-15(21(5,6)14-10-8-7-9-11-14)12-16(20(2,3)4)18(22)17(13)19(23)24/h7-12,22H,1-6H3,(H,23,24). The van der Waals surface area contributed by atoms with Crippen molar-refractivity contribution in [1.82, 2.24) is 0 Å². The molecule has 0 atom stereocenters. The molecule has 0 spiro atoms. The molecule has 0 unspecified atom stereocenters. The number of benzene rings is 2. The molecule has 0 bridgehead atoms. The first-order valence-corrected chi connectivity index (χ1v) is 8.14. The summed E-state index contributed by atoms with van der Waals surface area (Å²) in [5.41, 5.74) is 2.57. The molecule has 0 aromatic heterocycles. The fraction of sp³-hybridized carbons (Fsp3) is 0.381. The van der Waals surface area contributed by atoms with Gasteiger partial charge in [0, 0.05) is 11.0 Å². The van der Waals surface area contributed by atoms with Crippen molar-refractivity contribution in [2.45, 2.75) is 52.4 Å². The van der Waals surface area contributed by atoms with E-state index in [1.807, 2.05) is 57.2 Å². The second kappa shape index (κ2) is 5.97. The molecule has 0 fully saturated rings. The highest BCUT2D eigenvalue weighted by Gasteiger charge is 2.32. The number of carbonyl (C=O) groups is 1. The van der Waals surface area contributed by atoms with Gasteiger partial charge in [-0.05, 0) is 29.0 Å². The van der Waals surface area contributed by atoms with Crippen LogP contribution < -0.4 is 0 Å². The molecule has 2 rings (SSSR count). The molecule has 2 aromatic rings. The van der Waals surface area contributed by atoms with Gasteiger partial charge in [0.1, 0.15) is 11.3 Å². The van der Waals surface area contributed by atoms with Crippen molar-refractivity contribution in [3.05, 3.63) is 64.2 Å².